The number of hydrogen-bond acceptors (Lipinski definition) is 5. The molecule has 0 spiro atoms. The van der Waals surface area contributed by atoms with Gasteiger partial charge in [-0.3, -0.25) is 9.78 Å². The first-order valence-corrected chi connectivity index (χ1v) is 11.6. The van der Waals surface area contributed by atoms with E-state index in [9.17, 15) is 13.2 Å². The van der Waals surface area contributed by atoms with E-state index in [0.717, 1.165) is 10.9 Å². The number of pyridine rings is 2. The number of carbonyl (C=O) groups is 1. The summed E-state index contributed by atoms with van der Waals surface area (Å²) >= 11 is 0. The van der Waals surface area contributed by atoms with Crippen LogP contribution in [0.4, 0.5) is 0 Å². The summed E-state index contributed by atoms with van der Waals surface area (Å²) in [5.74, 6) is -0.309. The number of para-hydroxylation sites is 1. The van der Waals surface area contributed by atoms with Crippen molar-refractivity contribution in [2.45, 2.75) is 11.4 Å². The third kappa shape index (κ3) is 3.57. The van der Waals surface area contributed by atoms with E-state index in [4.69, 9.17) is 4.98 Å². The second-order valence-corrected chi connectivity index (χ2v) is 9.54. The zero-order valence-corrected chi connectivity index (χ0v) is 17.4. The quantitative estimate of drug-likeness (QED) is 0.485. The Hall–Kier alpha value is -3.58. The molecule has 0 fully saturated rings. The van der Waals surface area contributed by atoms with Crippen molar-refractivity contribution in [2.75, 3.05) is 12.3 Å². The third-order valence-corrected chi connectivity index (χ3v) is 7.30. The maximum Gasteiger partial charge on any atom is 0.254 e. The number of amides is 1. The molecular weight excluding hydrogens is 410 g/mol. The molecule has 1 aliphatic heterocycles. The van der Waals surface area contributed by atoms with E-state index in [1.807, 2.05) is 36.4 Å². The number of aromatic nitrogens is 2. The molecule has 5 rings (SSSR count). The SMILES string of the molecule is O=C(c1cc(-c2ccncc2)nc2ccccc12)N1CCS(=O)(=O)c2ccccc2C1. The van der Waals surface area contributed by atoms with Crippen molar-refractivity contribution in [3.8, 4) is 11.3 Å². The zero-order chi connectivity index (χ0) is 21.4. The topological polar surface area (TPSA) is 80.2 Å². The Balaban J connectivity index is 1.62. The molecule has 1 aliphatic rings. The Bertz CT molecular complexity index is 1400. The van der Waals surface area contributed by atoms with Gasteiger partial charge in [-0.25, -0.2) is 13.4 Å². The number of sulfone groups is 1. The molecule has 0 saturated heterocycles. The standard InChI is InChI=1S/C24H19N3O3S/c28-24(27-13-14-31(29,30)23-8-4-1-5-18(23)16-27)20-15-22(17-9-11-25-12-10-17)26-21-7-3-2-6-19(20)21/h1-12,15H,13-14,16H2. The number of nitrogens with zero attached hydrogens (tertiary/aromatic N) is 3. The average Bonchev–Trinajstić information content (AvgIpc) is 2.94. The number of rotatable bonds is 2. The number of hydrogen-bond donors (Lipinski definition) is 0. The summed E-state index contributed by atoms with van der Waals surface area (Å²) in [5.41, 5.74) is 3.39. The van der Waals surface area contributed by atoms with Crippen LogP contribution in [0.5, 0.6) is 0 Å². The molecule has 4 aromatic rings. The highest BCUT2D eigenvalue weighted by molar-refractivity contribution is 7.91. The van der Waals surface area contributed by atoms with Gasteiger partial charge in [0.05, 0.1) is 27.4 Å². The van der Waals surface area contributed by atoms with Gasteiger partial charge < -0.3 is 4.90 Å². The highest BCUT2D eigenvalue weighted by Crippen LogP contribution is 2.28. The van der Waals surface area contributed by atoms with Gasteiger partial charge in [-0.15, -0.1) is 0 Å². The van der Waals surface area contributed by atoms with E-state index in [0.29, 0.717) is 27.2 Å². The zero-order valence-electron chi connectivity index (χ0n) is 16.6. The normalized spacial score (nSPS) is 15.3. The van der Waals surface area contributed by atoms with Crippen LogP contribution in [-0.2, 0) is 16.4 Å². The molecule has 7 heteroatoms. The van der Waals surface area contributed by atoms with Crippen molar-refractivity contribution < 1.29 is 13.2 Å². The van der Waals surface area contributed by atoms with Crippen LogP contribution < -0.4 is 0 Å². The minimum Gasteiger partial charge on any atom is -0.333 e. The highest BCUT2D eigenvalue weighted by Gasteiger charge is 2.29. The molecule has 0 bridgehead atoms. The van der Waals surface area contributed by atoms with Gasteiger partial charge in [-0.05, 0) is 35.9 Å². The molecule has 0 unspecified atom stereocenters. The van der Waals surface area contributed by atoms with Gasteiger partial charge in [-0.2, -0.15) is 0 Å². The molecule has 2 aromatic carbocycles. The maximum absolute atomic E-state index is 13.7. The second-order valence-electron chi connectivity index (χ2n) is 7.46. The molecule has 3 heterocycles. The van der Waals surface area contributed by atoms with Crippen LogP contribution in [-0.4, -0.2) is 41.5 Å². The van der Waals surface area contributed by atoms with Crippen molar-refractivity contribution in [1.82, 2.24) is 14.9 Å². The summed E-state index contributed by atoms with van der Waals surface area (Å²) in [4.78, 5) is 24.3. The summed E-state index contributed by atoms with van der Waals surface area (Å²) in [5, 5.41) is 0.741. The van der Waals surface area contributed by atoms with Crippen molar-refractivity contribution >= 4 is 26.6 Å². The number of benzene rings is 2. The summed E-state index contributed by atoms with van der Waals surface area (Å²) < 4.78 is 25.4. The van der Waals surface area contributed by atoms with Crippen LogP contribution >= 0.6 is 0 Å². The van der Waals surface area contributed by atoms with Crippen LogP contribution in [0.1, 0.15) is 15.9 Å². The molecule has 1 amide bonds. The summed E-state index contributed by atoms with van der Waals surface area (Å²) in [6.07, 6.45) is 3.37. The van der Waals surface area contributed by atoms with Gasteiger partial charge >= 0.3 is 0 Å². The number of carbonyl (C=O) groups excluding carboxylic acids is 1. The molecule has 6 nitrogen and oxygen atoms in total. The summed E-state index contributed by atoms with van der Waals surface area (Å²) in [6, 6.07) is 19.9. The fraction of sp³-hybridized carbons (Fsp3) is 0.125. The van der Waals surface area contributed by atoms with Crippen LogP contribution in [0, 0.1) is 0 Å². The molecular formula is C24H19N3O3S. The fourth-order valence-electron chi connectivity index (χ4n) is 3.93. The molecule has 0 atom stereocenters. The first-order valence-electron chi connectivity index (χ1n) is 9.93. The lowest BCUT2D eigenvalue weighted by Crippen LogP contribution is -2.32. The van der Waals surface area contributed by atoms with Gasteiger partial charge in [0.25, 0.3) is 5.91 Å². The van der Waals surface area contributed by atoms with E-state index in [1.54, 1.807) is 47.6 Å². The largest absolute Gasteiger partial charge is 0.333 e. The smallest absolute Gasteiger partial charge is 0.254 e. The lowest BCUT2D eigenvalue weighted by molar-refractivity contribution is 0.0756. The van der Waals surface area contributed by atoms with E-state index in [2.05, 4.69) is 4.98 Å². The van der Waals surface area contributed by atoms with E-state index in [1.165, 1.54) is 0 Å². The average molecular weight is 430 g/mol. The molecule has 0 saturated carbocycles. The second kappa shape index (κ2) is 7.59. The van der Waals surface area contributed by atoms with E-state index in [-0.39, 0.29) is 24.7 Å². The maximum atomic E-state index is 13.7. The Morgan fingerprint density at radius 3 is 2.52 bits per heavy atom. The van der Waals surface area contributed by atoms with Crippen molar-refractivity contribution in [3.63, 3.8) is 0 Å². The van der Waals surface area contributed by atoms with Gasteiger partial charge in [0.1, 0.15) is 0 Å². The molecule has 154 valence electrons. The Morgan fingerprint density at radius 2 is 1.68 bits per heavy atom. The van der Waals surface area contributed by atoms with Gasteiger partial charge in [0.15, 0.2) is 9.84 Å². The van der Waals surface area contributed by atoms with E-state index >= 15 is 0 Å². The Kier molecular flexibility index (Phi) is 4.75. The molecule has 31 heavy (non-hydrogen) atoms. The molecule has 0 N–H and O–H groups in total. The third-order valence-electron chi connectivity index (χ3n) is 5.51. The molecule has 0 radical (unpaired) electrons. The van der Waals surface area contributed by atoms with Crippen molar-refractivity contribution in [3.05, 3.63) is 90.3 Å². The first-order chi connectivity index (χ1) is 15.0. The molecule has 0 aliphatic carbocycles. The Morgan fingerprint density at radius 1 is 0.935 bits per heavy atom. The van der Waals surface area contributed by atoms with Gasteiger partial charge in [0.2, 0.25) is 0 Å². The minimum atomic E-state index is -3.43. The van der Waals surface area contributed by atoms with Crippen molar-refractivity contribution in [1.29, 1.82) is 0 Å². The van der Waals surface area contributed by atoms with Crippen LogP contribution in [0.25, 0.3) is 22.2 Å². The fourth-order valence-corrected chi connectivity index (χ4v) is 5.43. The minimum absolute atomic E-state index is 0.101. The predicted octanol–water partition coefficient (Wildman–Crippen LogP) is 3.73. The van der Waals surface area contributed by atoms with Gasteiger partial charge in [0, 0.05) is 36.4 Å². The van der Waals surface area contributed by atoms with Crippen LogP contribution in [0.2, 0.25) is 0 Å². The number of fused-ring (bicyclic) bond motifs is 2. The lowest BCUT2D eigenvalue weighted by Gasteiger charge is -2.21. The lowest BCUT2D eigenvalue weighted by atomic mass is 10.0. The van der Waals surface area contributed by atoms with Gasteiger partial charge in [-0.1, -0.05) is 36.4 Å². The van der Waals surface area contributed by atoms with Crippen molar-refractivity contribution in [2.24, 2.45) is 0 Å². The van der Waals surface area contributed by atoms with Crippen LogP contribution in [0.3, 0.4) is 0 Å². The summed E-state index contributed by atoms with van der Waals surface area (Å²) in [7, 11) is -3.43. The highest BCUT2D eigenvalue weighted by atomic mass is 32.2. The predicted molar refractivity (Wildman–Crippen MR) is 118 cm³/mol. The molecule has 2 aromatic heterocycles. The van der Waals surface area contributed by atoms with E-state index < -0.39 is 9.84 Å². The monoisotopic (exact) mass is 429 g/mol. The Labute approximate surface area is 180 Å². The summed E-state index contributed by atoms with van der Waals surface area (Å²) in [6.45, 7) is 0.382. The first kappa shape index (κ1) is 19.4. The van der Waals surface area contributed by atoms with Crippen LogP contribution in [0.15, 0.2) is 84.0 Å².